The molecule has 1 fully saturated rings. The highest BCUT2D eigenvalue weighted by molar-refractivity contribution is 6.30. The summed E-state index contributed by atoms with van der Waals surface area (Å²) in [7, 11) is 0. The molecule has 0 aliphatic carbocycles. The number of aliphatic hydroxyl groups excluding tert-OH is 1. The first-order valence-electron chi connectivity index (χ1n) is 5.99. The molecule has 17 heavy (non-hydrogen) atoms. The molecular formula is C13H17ClFNO. The van der Waals surface area contributed by atoms with Crippen molar-refractivity contribution in [2.45, 2.75) is 18.8 Å². The van der Waals surface area contributed by atoms with Gasteiger partial charge in [0.2, 0.25) is 0 Å². The van der Waals surface area contributed by atoms with Crippen molar-refractivity contribution in [2.75, 3.05) is 19.7 Å². The molecule has 1 aliphatic heterocycles. The first kappa shape index (κ1) is 12.8. The van der Waals surface area contributed by atoms with E-state index in [9.17, 15) is 9.50 Å². The number of hydrogen-bond donors (Lipinski definition) is 2. The number of aliphatic hydroxyl groups is 1. The van der Waals surface area contributed by atoms with Crippen LogP contribution >= 0.6 is 11.6 Å². The summed E-state index contributed by atoms with van der Waals surface area (Å²) < 4.78 is 13.8. The van der Waals surface area contributed by atoms with Crippen LogP contribution in [0.4, 0.5) is 4.39 Å². The van der Waals surface area contributed by atoms with Gasteiger partial charge in [0, 0.05) is 10.9 Å². The van der Waals surface area contributed by atoms with Crippen LogP contribution in [0.1, 0.15) is 24.3 Å². The van der Waals surface area contributed by atoms with Gasteiger partial charge in [0.1, 0.15) is 5.82 Å². The summed E-state index contributed by atoms with van der Waals surface area (Å²) in [6.07, 6.45) is 1.94. The molecular weight excluding hydrogens is 241 g/mol. The standard InChI is InChI=1S/C13H17ClFNO/c14-10-1-2-13(15)11(7-10)12(8-17)9-3-5-16-6-4-9/h1-2,7,9,12,16-17H,3-6,8H2. The largest absolute Gasteiger partial charge is 0.396 e. The van der Waals surface area contributed by atoms with Gasteiger partial charge in [-0.05, 0) is 55.6 Å². The highest BCUT2D eigenvalue weighted by Crippen LogP contribution is 2.33. The van der Waals surface area contributed by atoms with Gasteiger partial charge in [-0.3, -0.25) is 0 Å². The van der Waals surface area contributed by atoms with Crippen LogP contribution in [0.15, 0.2) is 18.2 Å². The zero-order chi connectivity index (χ0) is 12.3. The fourth-order valence-corrected chi connectivity index (χ4v) is 2.73. The molecule has 2 nitrogen and oxygen atoms in total. The molecule has 1 aromatic rings. The van der Waals surface area contributed by atoms with Crippen LogP contribution < -0.4 is 5.32 Å². The van der Waals surface area contributed by atoms with E-state index in [0.717, 1.165) is 25.9 Å². The lowest BCUT2D eigenvalue weighted by atomic mass is 9.81. The summed E-state index contributed by atoms with van der Waals surface area (Å²) in [5.41, 5.74) is 0.548. The zero-order valence-corrected chi connectivity index (χ0v) is 10.4. The fourth-order valence-electron chi connectivity index (χ4n) is 2.55. The monoisotopic (exact) mass is 257 g/mol. The molecule has 0 spiro atoms. The third-order valence-electron chi connectivity index (χ3n) is 3.51. The van der Waals surface area contributed by atoms with Gasteiger partial charge < -0.3 is 10.4 Å². The minimum absolute atomic E-state index is 0.0259. The Bertz CT molecular complexity index is 380. The molecule has 2 rings (SSSR count). The normalized spacial score (nSPS) is 19.2. The van der Waals surface area contributed by atoms with Crippen LogP contribution in [-0.2, 0) is 0 Å². The van der Waals surface area contributed by atoms with Gasteiger partial charge in [-0.2, -0.15) is 0 Å². The van der Waals surface area contributed by atoms with Crippen molar-refractivity contribution in [1.82, 2.24) is 5.32 Å². The molecule has 94 valence electrons. The predicted molar refractivity (Wildman–Crippen MR) is 66.8 cm³/mol. The van der Waals surface area contributed by atoms with Gasteiger partial charge in [0.15, 0.2) is 0 Å². The first-order valence-corrected chi connectivity index (χ1v) is 6.36. The zero-order valence-electron chi connectivity index (χ0n) is 9.63. The Morgan fingerprint density at radius 3 is 2.76 bits per heavy atom. The van der Waals surface area contributed by atoms with Crippen molar-refractivity contribution in [2.24, 2.45) is 5.92 Å². The lowest BCUT2D eigenvalue weighted by Crippen LogP contribution is -2.32. The summed E-state index contributed by atoms with van der Waals surface area (Å²) in [6.45, 7) is 1.84. The van der Waals surface area contributed by atoms with Crippen LogP contribution in [0.25, 0.3) is 0 Å². The van der Waals surface area contributed by atoms with Crippen LogP contribution in [0, 0.1) is 11.7 Å². The number of nitrogens with one attached hydrogen (secondary N) is 1. The quantitative estimate of drug-likeness (QED) is 0.872. The lowest BCUT2D eigenvalue weighted by molar-refractivity contribution is 0.198. The summed E-state index contributed by atoms with van der Waals surface area (Å²) in [5.74, 6) is -0.0861. The predicted octanol–water partition coefficient (Wildman–Crippen LogP) is 2.55. The van der Waals surface area contributed by atoms with Gasteiger partial charge in [-0.1, -0.05) is 11.6 Å². The number of rotatable bonds is 3. The van der Waals surface area contributed by atoms with Crippen LogP contribution in [-0.4, -0.2) is 24.8 Å². The highest BCUT2D eigenvalue weighted by Gasteiger charge is 2.26. The van der Waals surface area contributed by atoms with Gasteiger partial charge in [0.25, 0.3) is 0 Å². The second-order valence-corrected chi connectivity index (χ2v) is 4.98. The first-order chi connectivity index (χ1) is 8.22. The van der Waals surface area contributed by atoms with Gasteiger partial charge in [-0.25, -0.2) is 4.39 Å². The molecule has 1 saturated heterocycles. The van der Waals surface area contributed by atoms with Gasteiger partial charge in [-0.15, -0.1) is 0 Å². The highest BCUT2D eigenvalue weighted by atomic mass is 35.5. The number of hydrogen-bond acceptors (Lipinski definition) is 2. The van der Waals surface area contributed by atoms with Crippen molar-refractivity contribution >= 4 is 11.6 Å². The van der Waals surface area contributed by atoms with E-state index in [1.165, 1.54) is 12.1 Å². The van der Waals surface area contributed by atoms with E-state index in [1.807, 2.05) is 0 Å². The number of halogens is 2. The minimum Gasteiger partial charge on any atom is -0.396 e. The Morgan fingerprint density at radius 1 is 1.41 bits per heavy atom. The minimum atomic E-state index is -0.271. The third kappa shape index (κ3) is 2.97. The Balaban J connectivity index is 2.24. The SMILES string of the molecule is OCC(c1cc(Cl)ccc1F)C1CCNCC1. The molecule has 1 aromatic carbocycles. The maximum atomic E-state index is 13.8. The molecule has 4 heteroatoms. The second kappa shape index (κ2) is 5.80. The lowest BCUT2D eigenvalue weighted by Gasteiger charge is -2.30. The van der Waals surface area contributed by atoms with Crippen LogP contribution in [0.2, 0.25) is 5.02 Å². The molecule has 1 aliphatic rings. The number of benzene rings is 1. The Kier molecular flexibility index (Phi) is 4.37. The molecule has 1 unspecified atom stereocenters. The summed E-state index contributed by atoms with van der Waals surface area (Å²) >= 11 is 5.90. The molecule has 0 radical (unpaired) electrons. The van der Waals surface area contributed by atoms with Crippen molar-refractivity contribution in [3.05, 3.63) is 34.6 Å². The van der Waals surface area contributed by atoms with Gasteiger partial charge in [0.05, 0.1) is 6.61 Å². The Morgan fingerprint density at radius 2 is 2.12 bits per heavy atom. The Labute approximate surface area is 106 Å². The van der Waals surface area contributed by atoms with E-state index < -0.39 is 0 Å². The Hall–Kier alpha value is -0.640. The van der Waals surface area contributed by atoms with E-state index in [2.05, 4.69) is 5.32 Å². The topological polar surface area (TPSA) is 32.3 Å². The number of piperidine rings is 1. The average molecular weight is 258 g/mol. The molecule has 2 N–H and O–H groups in total. The molecule has 1 atom stereocenters. The molecule has 0 aromatic heterocycles. The molecule has 0 saturated carbocycles. The molecule has 0 bridgehead atoms. The van der Waals surface area contributed by atoms with E-state index in [4.69, 9.17) is 11.6 Å². The van der Waals surface area contributed by atoms with Crippen LogP contribution in [0.3, 0.4) is 0 Å². The third-order valence-corrected chi connectivity index (χ3v) is 3.74. The average Bonchev–Trinajstić information content (AvgIpc) is 2.36. The van der Waals surface area contributed by atoms with E-state index in [0.29, 0.717) is 16.5 Å². The van der Waals surface area contributed by atoms with Crippen molar-refractivity contribution in [3.63, 3.8) is 0 Å². The molecule has 0 amide bonds. The fraction of sp³-hybridized carbons (Fsp3) is 0.538. The smallest absolute Gasteiger partial charge is 0.126 e. The van der Waals surface area contributed by atoms with E-state index in [-0.39, 0.29) is 18.3 Å². The van der Waals surface area contributed by atoms with Gasteiger partial charge >= 0.3 is 0 Å². The molecule has 1 heterocycles. The van der Waals surface area contributed by atoms with Crippen LogP contribution in [0.5, 0.6) is 0 Å². The van der Waals surface area contributed by atoms with E-state index in [1.54, 1.807) is 6.07 Å². The summed E-state index contributed by atoms with van der Waals surface area (Å²) in [5, 5.41) is 13.3. The van der Waals surface area contributed by atoms with Crippen molar-refractivity contribution < 1.29 is 9.50 Å². The van der Waals surface area contributed by atoms with E-state index >= 15 is 0 Å². The second-order valence-electron chi connectivity index (χ2n) is 4.54. The summed E-state index contributed by atoms with van der Waals surface area (Å²) in [4.78, 5) is 0. The maximum Gasteiger partial charge on any atom is 0.126 e. The summed E-state index contributed by atoms with van der Waals surface area (Å²) in [6, 6.07) is 4.55. The van der Waals surface area contributed by atoms with Crippen molar-refractivity contribution in [1.29, 1.82) is 0 Å². The van der Waals surface area contributed by atoms with Crippen molar-refractivity contribution in [3.8, 4) is 0 Å². The maximum absolute atomic E-state index is 13.8.